The van der Waals surface area contributed by atoms with E-state index in [-0.39, 0.29) is 10.8 Å². The van der Waals surface area contributed by atoms with Gasteiger partial charge in [-0.05, 0) is 30.7 Å². The maximum Gasteiger partial charge on any atom is 0.129 e. The minimum absolute atomic E-state index is 0.156. The van der Waals surface area contributed by atoms with Gasteiger partial charge in [-0.2, -0.15) is 0 Å². The largest absolute Gasteiger partial charge is 0.383 e. The Labute approximate surface area is 109 Å². The molecular weight excluding hydrogens is 255 g/mol. The summed E-state index contributed by atoms with van der Waals surface area (Å²) in [6, 6.07) is 5.56. The Balaban J connectivity index is 2.47. The maximum absolute atomic E-state index is 13.0. The summed E-state index contributed by atoms with van der Waals surface area (Å²) >= 11 is 5.91. The molecule has 2 aromatic rings. The summed E-state index contributed by atoms with van der Waals surface area (Å²) in [4.78, 5) is 3.97. The third-order valence-corrected chi connectivity index (χ3v) is 2.97. The number of aliphatic hydroxyl groups excluding tert-OH is 1. The number of hydrogen-bond acceptors (Lipinski definition) is 3. The molecule has 1 aromatic carbocycles. The van der Waals surface area contributed by atoms with Gasteiger partial charge in [0.2, 0.25) is 0 Å². The number of hydrogen-bond donors (Lipinski definition) is 2. The van der Waals surface area contributed by atoms with E-state index in [2.05, 4.69) is 4.98 Å². The number of nitrogens with two attached hydrogens (primary N) is 1. The molecule has 0 bridgehead atoms. The molecule has 1 aromatic heterocycles. The predicted molar refractivity (Wildman–Crippen MR) is 68.9 cm³/mol. The first-order valence-corrected chi connectivity index (χ1v) is 5.72. The van der Waals surface area contributed by atoms with Crippen LogP contribution in [0.2, 0.25) is 5.02 Å². The Bertz CT molecular complexity index is 589. The Morgan fingerprint density at radius 1 is 1.33 bits per heavy atom. The van der Waals surface area contributed by atoms with E-state index in [9.17, 15) is 9.50 Å². The number of benzene rings is 1. The van der Waals surface area contributed by atoms with E-state index < -0.39 is 11.9 Å². The predicted octanol–water partition coefficient (Wildman–Crippen LogP) is 2.85. The number of aliphatic hydroxyl groups is 1. The Hall–Kier alpha value is -1.65. The topological polar surface area (TPSA) is 59.1 Å². The molecule has 18 heavy (non-hydrogen) atoms. The van der Waals surface area contributed by atoms with Gasteiger partial charge in [0.05, 0.1) is 0 Å². The third kappa shape index (κ3) is 2.44. The van der Waals surface area contributed by atoms with Crippen LogP contribution in [0.4, 0.5) is 10.2 Å². The minimum atomic E-state index is -1.02. The molecule has 2 rings (SSSR count). The zero-order valence-corrected chi connectivity index (χ0v) is 10.4. The summed E-state index contributed by atoms with van der Waals surface area (Å²) in [5.74, 6) is -0.222. The molecule has 0 saturated carbocycles. The van der Waals surface area contributed by atoms with Crippen molar-refractivity contribution >= 4 is 17.4 Å². The average Bonchev–Trinajstić information content (AvgIpc) is 2.31. The van der Waals surface area contributed by atoms with Gasteiger partial charge >= 0.3 is 0 Å². The summed E-state index contributed by atoms with van der Waals surface area (Å²) in [5.41, 5.74) is 7.45. The highest BCUT2D eigenvalue weighted by Gasteiger charge is 2.17. The summed E-state index contributed by atoms with van der Waals surface area (Å²) in [6.07, 6.45) is 0.586. The van der Waals surface area contributed by atoms with Crippen LogP contribution in [0.3, 0.4) is 0 Å². The zero-order valence-electron chi connectivity index (χ0n) is 9.69. The van der Waals surface area contributed by atoms with Gasteiger partial charge < -0.3 is 10.8 Å². The van der Waals surface area contributed by atoms with Gasteiger partial charge in [0, 0.05) is 22.3 Å². The second kappa shape index (κ2) is 4.92. The molecule has 1 unspecified atom stereocenters. The van der Waals surface area contributed by atoms with Crippen LogP contribution in [-0.2, 0) is 0 Å². The number of aromatic nitrogens is 1. The van der Waals surface area contributed by atoms with Gasteiger partial charge in [-0.15, -0.1) is 0 Å². The van der Waals surface area contributed by atoms with Gasteiger partial charge in [0.1, 0.15) is 17.7 Å². The molecule has 1 heterocycles. The first kappa shape index (κ1) is 12.8. The van der Waals surface area contributed by atoms with Crippen LogP contribution in [0.15, 0.2) is 30.5 Å². The van der Waals surface area contributed by atoms with E-state index in [1.165, 1.54) is 12.1 Å². The Morgan fingerprint density at radius 3 is 2.72 bits per heavy atom. The first-order valence-electron chi connectivity index (χ1n) is 5.34. The van der Waals surface area contributed by atoms with Crippen molar-refractivity contribution in [2.75, 3.05) is 5.73 Å². The smallest absolute Gasteiger partial charge is 0.129 e. The molecule has 3 nitrogen and oxygen atoms in total. The van der Waals surface area contributed by atoms with Crippen molar-refractivity contribution < 1.29 is 9.50 Å². The quantitative estimate of drug-likeness (QED) is 0.879. The lowest BCUT2D eigenvalue weighted by molar-refractivity contribution is 0.220. The van der Waals surface area contributed by atoms with Crippen molar-refractivity contribution in [3.63, 3.8) is 0 Å². The fourth-order valence-electron chi connectivity index (χ4n) is 1.71. The van der Waals surface area contributed by atoms with Crippen molar-refractivity contribution in [3.8, 4) is 0 Å². The number of halogens is 2. The van der Waals surface area contributed by atoms with E-state index in [1.807, 2.05) is 6.92 Å². The van der Waals surface area contributed by atoms with Gasteiger partial charge in [-0.3, -0.25) is 0 Å². The number of rotatable bonds is 2. The maximum atomic E-state index is 13.0. The highest BCUT2D eigenvalue weighted by Crippen LogP contribution is 2.31. The second-order valence-corrected chi connectivity index (χ2v) is 4.46. The third-order valence-electron chi connectivity index (χ3n) is 2.64. The number of nitrogens with zero attached hydrogens (tertiary/aromatic N) is 1. The van der Waals surface area contributed by atoms with Gasteiger partial charge in [-0.25, -0.2) is 9.37 Å². The van der Waals surface area contributed by atoms with E-state index in [0.29, 0.717) is 11.1 Å². The van der Waals surface area contributed by atoms with Gasteiger partial charge in [0.25, 0.3) is 0 Å². The van der Waals surface area contributed by atoms with Crippen LogP contribution in [0.5, 0.6) is 0 Å². The highest BCUT2D eigenvalue weighted by molar-refractivity contribution is 6.31. The second-order valence-electron chi connectivity index (χ2n) is 4.06. The molecule has 0 aliphatic heterocycles. The van der Waals surface area contributed by atoms with Crippen molar-refractivity contribution in [2.24, 2.45) is 0 Å². The van der Waals surface area contributed by atoms with E-state index >= 15 is 0 Å². The minimum Gasteiger partial charge on any atom is -0.383 e. The van der Waals surface area contributed by atoms with E-state index in [4.69, 9.17) is 17.3 Å². The molecule has 94 valence electrons. The number of pyridine rings is 1. The molecule has 3 N–H and O–H groups in total. The summed E-state index contributed by atoms with van der Waals surface area (Å²) in [7, 11) is 0. The van der Waals surface area contributed by atoms with Crippen LogP contribution in [-0.4, -0.2) is 10.1 Å². The van der Waals surface area contributed by atoms with E-state index in [0.717, 1.165) is 11.6 Å². The molecule has 0 aliphatic rings. The zero-order chi connectivity index (χ0) is 13.3. The first-order chi connectivity index (χ1) is 8.49. The lowest BCUT2D eigenvalue weighted by Crippen LogP contribution is -2.06. The summed E-state index contributed by atoms with van der Waals surface area (Å²) in [5, 5.41) is 10.4. The molecule has 0 saturated heterocycles. The van der Waals surface area contributed by atoms with Crippen LogP contribution >= 0.6 is 11.6 Å². The number of aryl methyl sites for hydroxylation is 1. The van der Waals surface area contributed by atoms with Crippen LogP contribution in [0.1, 0.15) is 22.8 Å². The van der Waals surface area contributed by atoms with Crippen molar-refractivity contribution in [1.82, 2.24) is 4.98 Å². The molecular formula is C13H12ClFN2O. The standard InChI is InChI=1S/C13H12ClFN2O/c1-7-4-10(13(16)17-6-7)12(18)9-3-2-8(15)5-11(9)14/h2-6,12,18H,1H3,(H2,16,17). The molecule has 0 radical (unpaired) electrons. The van der Waals surface area contributed by atoms with E-state index in [1.54, 1.807) is 12.3 Å². The van der Waals surface area contributed by atoms with Crippen LogP contribution in [0, 0.1) is 12.7 Å². The molecule has 0 spiro atoms. The lowest BCUT2D eigenvalue weighted by Gasteiger charge is -2.15. The van der Waals surface area contributed by atoms with Crippen molar-refractivity contribution in [3.05, 3.63) is 58.0 Å². The number of anilines is 1. The summed E-state index contributed by atoms with van der Waals surface area (Å²) < 4.78 is 13.0. The fraction of sp³-hybridized carbons (Fsp3) is 0.154. The lowest BCUT2D eigenvalue weighted by atomic mass is 10.0. The van der Waals surface area contributed by atoms with Gasteiger partial charge in [-0.1, -0.05) is 17.7 Å². The summed E-state index contributed by atoms with van der Waals surface area (Å²) in [6.45, 7) is 1.84. The SMILES string of the molecule is Cc1cnc(N)c(C(O)c2ccc(F)cc2Cl)c1. The molecule has 5 heteroatoms. The highest BCUT2D eigenvalue weighted by atomic mass is 35.5. The number of nitrogen functional groups attached to an aromatic ring is 1. The molecule has 0 fully saturated rings. The molecule has 0 amide bonds. The monoisotopic (exact) mass is 266 g/mol. The Morgan fingerprint density at radius 2 is 2.06 bits per heavy atom. The van der Waals surface area contributed by atoms with Crippen LogP contribution in [0.25, 0.3) is 0 Å². The fourth-order valence-corrected chi connectivity index (χ4v) is 1.98. The molecule has 1 atom stereocenters. The average molecular weight is 267 g/mol. The van der Waals surface area contributed by atoms with Crippen LogP contribution < -0.4 is 5.73 Å². The normalized spacial score (nSPS) is 12.4. The van der Waals surface area contributed by atoms with Crippen molar-refractivity contribution in [2.45, 2.75) is 13.0 Å². The molecule has 0 aliphatic carbocycles. The Kier molecular flexibility index (Phi) is 3.50. The van der Waals surface area contributed by atoms with Crippen molar-refractivity contribution in [1.29, 1.82) is 0 Å². The van der Waals surface area contributed by atoms with Gasteiger partial charge in [0.15, 0.2) is 0 Å².